The SMILES string of the molecule is CCOc1nnc(OCC)c2cnccc12. The third-order valence-electron chi connectivity index (χ3n) is 2.08. The van der Waals surface area contributed by atoms with E-state index in [1.807, 2.05) is 19.9 Å². The molecule has 0 atom stereocenters. The monoisotopic (exact) mass is 219 g/mol. The molecule has 0 aliphatic carbocycles. The lowest BCUT2D eigenvalue weighted by atomic mass is 10.2. The van der Waals surface area contributed by atoms with Gasteiger partial charge in [0.15, 0.2) is 0 Å². The summed E-state index contributed by atoms with van der Waals surface area (Å²) < 4.78 is 10.8. The topological polar surface area (TPSA) is 57.1 Å². The summed E-state index contributed by atoms with van der Waals surface area (Å²) in [6.45, 7) is 4.91. The van der Waals surface area contributed by atoms with Crippen LogP contribution in [0, 0.1) is 0 Å². The minimum atomic E-state index is 0.494. The molecule has 0 saturated heterocycles. The number of hydrogen-bond acceptors (Lipinski definition) is 5. The van der Waals surface area contributed by atoms with E-state index < -0.39 is 0 Å². The van der Waals surface area contributed by atoms with Crippen LogP contribution in [0.5, 0.6) is 11.8 Å². The van der Waals surface area contributed by atoms with Crippen LogP contribution in [0.25, 0.3) is 10.8 Å². The Morgan fingerprint density at radius 2 is 1.62 bits per heavy atom. The van der Waals surface area contributed by atoms with E-state index in [-0.39, 0.29) is 0 Å². The van der Waals surface area contributed by atoms with Crippen molar-refractivity contribution in [3.05, 3.63) is 18.5 Å². The number of hydrogen-bond donors (Lipinski definition) is 0. The van der Waals surface area contributed by atoms with E-state index >= 15 is 0 Å². The fourth-order valence-electron chi connectivity index (χ4n) is 1.44. The van der Waals surface area contributed by atoms with E-state index in [0.717, 1.165) is 10.8 Å². The summed E-state index contributed by atoms with van der Waals surface area (Å²) >= 11 is 0. The first-order valence-electron chi connectivity index (χ1n) is 5.22. The van der Waals surface area contributed by atoms with Gasteiger partial charge in [0, 0.05) is 12.4 Å². The molecule has 0 amide bonds. The van der Waals surface area contributed by atoms with Crippen molar-refractivity contribution in [1.29, 1.82) is 0 Å². The highest BCUT2D eigenvalue weighted by Crippen LogP contribution is 2.27. The molecule has 0 spiro atoms. The molecule has 16 heavy (non-hydrogen) atoms. The first kappa shape index (κ1) is 10.6. The van der Waals surface area contributed by atoms with Crippen molar-refractivity contribution in [3.8, 4) is 11.8 Å². The summed E-state index contributed by atoms with van der Waals surface area (Å²) in [7, 11) is 0. The maximum atomic E-state index is 5.40. The molecule has 5 nitrogen and oxygen atoms in total. The van der Waals surface area contributed by atoms with E-state index in [2.05, 4.69) is 15.2 Å². The summed E-state index contributed by atoms with van der Waals surface area (Å²) in [5, 5.41) is 9.66. The Bertz CT molecular complexity index is 443. The normalized spacial score (nSPS) is 10.4. The zero-order valence-corrected chi connectivity index (χ0v) is 9.30. The number of nitrogens with zero attached hydrogens (tertiary/aromatic N) is 3. The highest BCUT2D eigenvalue weighted by molar-refractivity contribution is 5.89. The van der Waals surface area contributed by atoms with Crippen LogP contribution in [-0.4, -0.2) is 28.4 Å². The molecule has 0 unspecified atom stereocenters. The van der Waals surface area contributed by atoms with Crippen LogP contribution in [0.1, 0.15) is 13.8 Å². The predicted octanol–water partition coefficient (Wildman–Crippen LogP) is 1.82. The molecule has 2 rings (SSSR count). The van der Waals surface area contributed by atoms with Gasteiger partial charge in [-0.2, -0.15) is 0 Å². The van der Waals surface area contributed by atoms with Crippen LogP contribution in [0.2, 0.25) is 0 Å². The molecule has 0 N–H and O–H groups in total. The molecule has 0 fully saturated rings. The van der Waals surface area contributed by atoms with E-state index in [0.29, 0.717) is 25.0 Å². The van der Waals surface area contributed by atoms with Crippen LogP contribution < -0.4 is 9.47 Å². The Hall–Kier alpha value is -1.91. The predicted molar refractivity (Wildman–Crippen MR) is 59.7 cm³/mol. The van der Waals surface area contributed by atoms with Crippen molar-refractivity contribution in [2.24, 2.45) is 0 Å². The lowest BCUT2D eigenvalue weighted by Gasteiger charge is -2.08. The third-order valence-corrected chi connectivity index (χ3v) is 2.08. The molecule has 5 heteroatoms. The van der Waals surface area contributed by atoms with Crippen molar-refractivity contribution in [3.63, 3.8) is 0 Å². The standard InChI is InChI=1S/C11H13N3O2/c1-3-15-10-8-5-6-12-7-9(8)11(14-13-10)16-4-2/h5-7H,3-4H2,1-2H3. The first-order chi connectivity index (χ1) is 7.86. The Labute approximate surface area is 93.4 Å². The Balaban J connectivity index is 2.57. The van der Waals surface area contributed by atoms with Gasteiger partial charge in [-0.25, -0.2) is 0 Å². The average molecular weight is 219 g/mol. The Morgan fingerprint density at radius 3 is 2.25 bits per heavy atom. The molecular formula is C11H13N3O2. The highest BCUT2D eigenvalue weighted by atomic mass is 16.5. The maximum Gasteiger partial charge on any atom is 0.243 e. The van der Waals surface area contributed by atoms with Crippen molar-refractivity contribution >= 4 is 10.8 Å². The Morgan fingerprint density at radius 1 is 1.00 bits per heavy atom. The van der Waals surface area contributed by atoms with E-state index in [4.69, 9.17) is 9.47 Å². The number of rotatable bonds is 4. The molecule has 0 aliphatic rings. The number of pyridine rings is 1. The third kappa shape index (κ3) is 1.88. The van der Waals surface area contributed by atoms with E-state index in [1.165, 1.54) is 0 Å². The molecule has 0 radical (unpaired) electrons. The van der Waals surface area contributed by atoms with Crippen molar-refractivity contribution in [1.82, 2.24) is 15.2 Å². The molecule has 2 heterocycles. The van der Waals surface area contributed by atoms with Gasteiger partial charge in [0.1, 0.15) is 0 Å². The Kier molecular flexibility index (Phi) is 3.14. The van der Waals surface area contributed by atoms with Crippen LogP contribution >= 0.6 is 0 Å². The molecular weight excluding hydrogens is 206 g/mol. The van der Waals surface area contributed by atoms with Gasteiger partial charge in [-0.3, -0.25) is 4.98 Å². The smallest absolute Gasteiger partial charge is 0.243 e. The molecule has 0 aliphatic heterocycles. The minimum absolute atomic E-state index is 0.494. The molecule has 0 bridgehead atoms. The molecule has 2 aromatic heterocycles. The largest absolute Gasteiger partial charge is 0.476 e. The zero-order valence-electron chi connectivity index (χ0n) is 9.30. The molecule has 84 valence electrons. The fraction of sp³-hybridized carbons (Fsp3) is 0.364. The van der Waals surface area contributed by atoms with Gasteiger partial charge in [0.2, 0.25) is 11.8 Å². The van der Waals surface area contributed by atoms with Gasteiger partial charge < -0.3 is 9.47 Å². The van der Waals surface area contributed by atoms with Crippen molar-refractivity contribution < 1.29 is 9.47 Å². The lowest BCUT2D eigenvalue weighted by Crippen LogP contribution is -2.01. The molecule has 0 saturated carbocycles. The van der Waals surface area contributed by atoms with E-state index in [1.54, 1.807) is 12.4 Å². The zero-order chi connectivity index (χ0) is 11.4. The summed E-state index contributed by atoms with van der Waals surface area (Å²) in [5.74, 6) is 1.01. The van der Waals surface area contributed by atoms with Gasteiger partial charge in [-0.15, -0.1) is 10.2 Å². The fourth-order valence-corrected chi connectivity index (χ4v) is 1.44. The summed E-state index contributed by atoms with van der Waals surface area (Å²) in [5.41, 5.74) is 0. The number of aromatic nitrogens is 3. The number of ether oxygens (including phenoxy) is 2. The van der Waals surface area contributed by atoms with Gasteiger partial charge in [-0.05, 0) is 19.9 Å². The molecule has 0 aromatic carbocycles. The van der Waals surface area contributed by atoms with Crippen molar-refractivity contribution in [2.75, 3.05) is 13.2 Å². The second-order valence-corrected chi connectivity index (χ2v) is 3.10. The minimum Gasteiger partial charge on any atom is -0.476 e. The highest BCUT2D eigenvalue weighted by Gasteiger charge is 2.10. The number of fused-ring (bicyclic) bond motifs is 1. The lowest BCUT2D eigenvalue weighted by molar-refractivity contribution is 0.309. The van der Waals surface area contributed by atoms with Crippen LogP contribution in [0.3, 0.4) is 0 Å². The van der Waals surface area contributed by atoms with Crippen LogP contribution in [-0.2, 0) is 0 Å². The quantitative estimate of drug-likeness (QED) is 0.785. The summed E-state index contributed by atoms with van der Waals surface area (Å²) in [4.78, 5) is 4.05. The van der Waals surface area contributed by atoms with Crippen LogP contribution in [0.4, 0.5) is 0 Å². The molecule has 2 aromatic rings. The second-order valence-electron chi connectivity index (χ2n) is 3.10. The van der Waals surface area contributed by atoms with Crippen LogP contribution in [0.15, 0.2) is 18.5 Å². The van der Waals surface area contributed by atoms with Gasteiger partial charge >= 0.3 is 0 Å². The summed E-state index contributed by atoms with van der Waals surface area (Å²) in [6, 6.07) is 1.84. The first-order valence-corrected chi connectivity index (χ1v) is 5.22. The van der Waals surface area contributed by atoms with E-state index in [9.17, 15) is 0 Å². The maximum absolute atomic E-state index is 5.40. The van der Waals surface area contributed by atoms with Gasteiger partial charge in [0.05, 0.1) is 24.0 Å². The van der Waals surface area contributed by atoms with Crippen molar-refractivity contribution in [2.45, 2.75) is 13.8 Å². The second kappa shape index (κ2) is 4.74. The van der Waals surface area contributed by atoms with Gasteiger partial charge in [0.25, 0.3) is 0 Å². The summed E-state index contributed by atoms with van der Waals surface area (Å²) in [6.07, 6.45) is 3.40. The van der Waals surface area contributed by atoms with Gasteiger partial charge in [-0.1, -0.05) is 0 Å². The average Bonchev–Trinajstić information content (AvgIpc) is 2.33.